The number of thioether (sulfide) groups is 1. The second-order valence-corrected chi connectivity index (χ2v) is 7.08. The molecule has 2 aromatic heterocycles. The summed E-state index contributed by atoms with van der Waals surface area (Å²) in [6.45, 7) is 0.923. The molecule has 3 heterocycles. The minimum atomic E-state index is 0.0832. The van der Waals surface area contributed by atoms with Crippen LogP contribution in [-0.4, -0.2) is 23.2 Å². The number of nitrogens with two attached hydrogens (primary N) is 1. The molecule has 0 unspecified atom stereocenters. The minimum Gasteiger partial charge on any atom is -0.486 e. The minimum absolute atomic E-state index is 0.0832. The first kappa shape index (κ1) is 18.6. The van der Waals surface area contributed by atoms with E-state index in [2.05, 4.69) is 22.1 Å². The zero-order chi connectivity index (χ0) is 20.2. The van der Waals surface area contributed by atoms with Crippen LogP contribution in [0.3, 0.4) is 0 Å². The van der Waals surface area contributed by atoms with Gasteiger partial charge in [-0.2, -0.15) is 10.5 Å². The maximum absolute atomic E-state index is 9.88. The smallest absolute Gasteiger partial charge is 0.161 e. The molecule has 1 aromatic carbocycles. The van der Waals surface area contributed by atoms with Crippen LogP contribution in [0.1, 0.15) is 16.8 Å². The third kappa shape index (κ3) is 3.66. The number of ether oxygens (including phenoxy) is 2. The van der Waals surface area contributed by atoms with Crippen molar-refractivity contribution >= 4 is 17.6 Å². The molecular weight excluding hydrogens is 386 g/mol. The van der Waals surface area contributed by atoms with Crippen LogP contribution in [-0.2, 0) is 5.75 Å². The Hall–Kier alpha value is -3.75. The Bertz CT molecular complexity index is 1150. The van der Waals surface area contributed by atoms with E-state index in [1.165, 1.54) is 11.8 Å². The summed E-state index contributed by atoms with van der Waals surface area (Å²) in [5, 5.41) is 20.0. The molecule has 0 spiro atoms. The molecule has 29 heavy (non-hydrogen) atoms. The fraction of sp³-hybridized carbons (Fsp3) is 0.143. The maximum Gasteiger partial charge on any atom is 0.161 e. The fourth-order valence-electron chi connectivity index (χ4n) is 3.02. The van der Waals surface area contributed by atoms with E-state index in [1.807, 2.05) is 18.2 Å². The molecule has 1 aliphatic rings. The van der Waals surface area contributed by atoms with Crippen LogP contribution in [0.15, 0.2) is 47.6 Å². The quantitative estimate of drug-likeness (QED) is 0.660. The fourth-order valence-corrected chi connectivity index (χ4v) is 3.93. The average molecular weight is 401 g/mol. The van der Waals surface area contributed by atoms with Crippen LogP contribution in [0.2, 0.25) is 0 Å². The van der Waals surface area contributed by atoms with E-state index in [-0.39, 0.29) is 11.4 Å². The third-order valence-corrected chi connectivity index (χ3v) is 5.34. The highest BCUT2D eigenvalue weighted by Crippen LogP contribution is 2.40. The first-order valence-corrected chi connectivity index (χ1v) is 9.76. The molecule has 142 valence electrons. The number of nitriles is 2. The van der Waals surface area contributed by atoms with Gasteiger partial charge < -0.3 is 15.2 Å². The monoisotopic (exact) mass is 401 g/mol. The van der Waals surface area contributed by atoms with Crippen LogP contribution < -0.4 is 15.2 Å². The van der Waals surface area contributed by atoms with Gasteiger partial charge in [0.25, 0.3) is 0 Å². The normalized spacial score (nSPS) is 12.1. The standard InChI is InChI=1S/C21H15N5O2S/c22-10-15-19(13-4-5-17-18(9-13)28-8-7-27-17)16(11-23)21(26-20(15)24)29-12-14-3-1-2-6-25-14/h1-6,9H,7-8,12H2,(H2,24,26). The van der Waals surface area contributed by atoms with Gasteiger partial charge in [-0.1, -0.05) is 23.9 Å². The van der Waals surface area contributed by atoms with Crippen molar-refractivity contribution in [3.05, 3.63) is 59.4 Å². The number of hydrogen-bond acceptors (Lipinski definition) is 8. The Morgan fingerprint density at radius 2 is 1.83 bits per heavy atom. The average Bonchev–Trinajstić information content (AvgIpc) is 2.77. The predicted molar refractivity (Wildman–Crippen MR) is 108 cm³/mol. The van der Waals surface area contributed by atoms with Crippen LogP contribution in [0.4, 0.5) is 5.82 Å². The van der Waals surface area contributed by atoms with Gasteiger partial charge in [-0.05, 0) is 29.8 Å². The number of fused-ring (bicyclic) bond motifs is 1. The van der Waals surface area contributed by atoms with Gasteiger partial charge in [0, 0.05) is 17.5 Å². The molecule has 0 amide bonds. The summed E-state index contributed by atoms with van der Waals surface area (Å²) in [5.41, 5.74) is 8.49. The zero-order valence-corrected chi connectivity index (χ0v) is 16.1. The van der Waals surface area contributed by atoms with Crippen LogP contribution >= 0.6 is 11.8 Å². The number of nitrogen functional groups attached to an aromatic ring is 1. The lowest BCUT2D eigenvalue weighted by Crippen LogP contribution is -2.15. The molecule has 7 nitrogen and oxygen atoms in total. The van der Waals surface area contributed by atoms with Crippen molar-refractivity contribution in [3.63, 3.8) is 0 Å². The molecule has 0 aliphatic carbocycles. The first-order valence-electron chi connectivity index (χ1n) is 8.77. The van der Waals surface area contributed by atoms with E-state index in [0.717, 1.165) is 5.69 Å². The number of benzene rings is 1. The van der Waals surface area contributed by atoms with Crippen LogP contribution in [0.25, 0.3) is 11.1 Å². The topological polar surface area (TPSA) is 118 Å². The first-order chi connectivity index (χ1) is 14.2. The van der Waals surface area contributed by atoms with Crippen LogP contribution in [0, 0.1) is 22.7 Å². The zero-order valence-electron chi connectivity index (χ0n) is 15.3. The van der Waals surface area contributed by atoms with Crippen LogP contribution in [0.5, 0.6) is 11.5 Å². The Kier molecular flexibility index (Phi) is 5.19. The Labute approximate surface area is 171 Å². The number of pyridine rings is 2. The van der Waals surface area contributed by atoms with E-state index in [0.29, 0.717) is 52.2 Å². The molecule has 8 heteroatoms. The summed E-state index contributed by atoms with van der Waals surface area (Å²) in [6, 6.07) is 15.2. The van der Waals surface area contributed by atoms with E-state index in [4.69, 9.17) is 15.2 Å². The molecule has 0 radical (unpaired) electrons. The molecule has 0 fully saturated rings. The molecule has 1 aliphatic heterocycles. The molecule has 0 saturated heterocycles. The molecule has 0 saturated carbocycles. The van der Waals surface area contributed by atoms with Crippen molar-refractivity contribution in [1.29, 1.82) is 10.5 Å². The Balaban J connectivity index is 1.81. The maximum atomic E-state index is 9.88. The molecular formula is C21H15N5O2S. The summed E-state index contributed by atoms with van der Waals surface area (Å²) >= 11 is 1.35. The van der Waals surface area contributed by atoms with Gasteiger partial charge in [0.05, 0.1) is 11.3 Å². The number of hydrogen-bond donors (Lipinski definition) is 1. The lowest BCUT2D eigenvalue weighted by atomic mass is 9.96. The number of rotatable bonds is 4. The van der Waals surface area contributed by atoms with Crippen molar-refractivity contribution in [1.82, 2.24) is 9.97 Å². The number of anilines is 1. The van der Waals surface area contributed by atoms with Gasteiger partial charge in [-0.25, -0.2) is 4.98 Å². The van der Waals surface area contributed by atoms with Gasteiger partial charge in [0.2, 0.25) is 0 Å². The van der Waals surface area contributed by atoms with E-state index in [1.54, 1.807) is 24.4 Å². The highest BCUT2D eigenvalue weighted by Gasteiger charge is 2.22. The largest absolute Gasteiger partial charge is 0.486 e. The van der Waals surface area contributed by atoms with Gasteiger partial charge in [0.15, 0.2) is 11.5 Å². The van der Waals surface area contributed by atoms with Gasteiger partial charge in [-0.3, -0.25) is 4.98 Å². The molecule has 0 bridgehead atoms. The highest BCUT2D eigenvalue weighted by atomic mass is 32.2. The van der Waals surface area contributed by atoms with Crippen molar-refractivity contribution in [2.24, 2.45) is 0 Å². The lowest BCUT2D eigenvalue weighted by Gasteiger charge is -2.20. The summed E-state index contributed by atoms with van der Waals surface area (Å²) in [6.07, 6.45) is 1.71. The van der Waals surface area contributed by atoms with Gasteiger partial charge in [0.1, 0.15) is 41.8 Å². The Morgan fingerprint density at radius 1 is 1.03 bits per heavy atom. The lowest BCUT2D eigenvalue weighted by molar-refractivity contribution is 0.171. The molecule has 0 atom stereocenters. The summed E-state index contributed by atoms with van der Waals surface area (Å²) < 4.78 is 11.2. The van der Waals surface area contributed by atoms with Crippen molar-refractivity contribution in [3.8, 4) is 34.8 Å². The third-order valence-electron chi connectivity index (χ3n) is 4.33. The second-order valence-electron chi connectivity index (χ2n) is 6.12. The van der Waals surface area contributed by atoms with E-state index < -0.39 is 0 Å². The predicted octanol–water partition coefficient (Wildman–Crippen LogP) is 3.53. The SMILES string of the molecule is N#Cc1c(N)nc(SCc2ccccn2)c(C#N)c1-c1ccc2c(c1)OCCO2. The number of aromatic nitrogens is 2. The van der Waals surface area contributed by atoms with Crippen molar-refractivity contribution in [2.75, 3.05) is 18.9 Å². The summed E-state index contributed by atoms with van der Waals surface area (Å²) in [7, 11) is 0. The Morgan fingerprint density at radius 3 is 2.55 bits per heavy atom. The van der Waals surface area contributed by atoms with Gasteiger partial charge in [-0.15, -0.1) is 0 Å². The second kappa shape index (κ2) is 8.09. The summed E-state index contributed by atoms with van der Waals surface area (Å²) in [4.78, 5) is 8.60. The van der Waals surface area contributed by atoms with E-state index >= 15 is 0 Å². The highest BCUT2D eigenvalue weighted by molar-refractivity contribution is 7.98. The van der Waals surface area contributed by atoms with Crippen molar-refractivity contribution < 1.29 is 9.47 Å². The van der Waals surface area contributed by atoms with Crippen molar-refractivity contribution in [2.45, 2.75) is 10.8 Å². The number of nitrogens with zero attached hydrogens (tertiary/aromatic N) is 4. The molecule has 3 aromatic rings. The molecule has 4 rings (SSSR count). The molecule has 2 N–H and O–H groups in total. The van der Waals surface area contributed by atoms with Gasteiger partial charge >= 0.3 is 0 Å². The summed E-state index contributed by atoms with van der Waals surface area (Å²) in [5.74, 6) is 1.80. The van der Waals surface area contributed by atoms with E-state index in [9.17, 15) is 10.5 Å².